The van der Waals surface area contributed by atoms with Crippen molar-refractivity contribution in [3.05, 3.63) is 0 Å². The number of hydrogen-bond acceptors (Lipinski definition) is 6. The molecule has 0 amide bonds. The zero-order chi connectivity index (χ0) is 24.4. The van der Waals surface area contributed by atoms with Crippen molar-refractivity contribution in [1.29, 1.82) is 0 Å². The fourth-order valence-corrected chi connectivity index (χ4v) is 10.3. The van der Waals surface area contributed by atoms with Gasteiger partial charge in [0.1, 0.15) is 6.10 Å². The third-order valence-electron chi connectivity index (χ3n) is 12.1. The summed E-state index contributed by atoms with van der Waals surface area (Å²) in [4.78, 5) is 17.2. The van der Waals surface area contributed by atoms with Crippen molar-refractivity contribution in [1.82, 2.24) is 9.80 Å². The Morgan fingerprint density at radius 2 is 1.63 bits per heavy atom. The molecule has 10 atom stereocenters. The van der Waals surface area contributed by atoms with Crippen molar-refractivity contribution < 1.29 is 19.4 Å². The second-order valence-electron chi connectivity index (χ2n) is 13.5. The zero-order valence-electron chi connectivity index (χ0n) is 22.3. The van der Waals surface area contributed by atoms with E-state index in [-0.39, 0.29) is 23.6 Å². The van der Waals surface area contributed by atoms with Crippen molar-refractivity contribution in [3.8, 4) is 0 Å². The summed E-state index contributed by atoms with van der Waals surface area (Å²) >= 11 is 0. The lowest BCUT2D eigenvalue weighted by Gasteiger charge is -2.62. The molecule has 6 heteroatoms. The number of nitrogens with zero attached hydrogens (tertiary/aromatic N) is 2. The molecule has 0 radical (unpaired) electrons. The molecule has 2 heterocycles. The zero-order valence-corrected chi connectivity index (χ0v) is 22.3. The molecule has 0 aromatic heterocycles. The fourth-order valence-electron chi connectivity index (χ4n) is 10.3. The van der Waals surface area contributed by atoms with Gasteiger partial charge in [0.25, 0.3) is 0 Å². The Hall–Kier alpha value is -0.690. The van der Waals surface area contributed by atoms with Crippen molar-refractivity contribution >= 4 is 5.97 Å². The predicted octanol–water partition coefficient (Wildman–Crippen LogP) is 3.71. The van der Waals surface area contributed by atoms with Gasteiger partial charge in [0.15, 0.2) is 0 Å². The average Bonchev–Trinajstić information content (AvgIpc) is 3.46. The molecular weight excluding hydrogens is 440 g/mol. The maximum absolute atomic E-state index is 12.0. The van der Waals surface area contributed by atoms with Gasteiger partial charge in [0.2, 0.25) is 0 Å². The first-order valence-electron chi connectivity index (χ1n) is 14.7. The third-order valence-corrected chi connectivity index (χ3v) is 12.1. The van der Waals surface area contributed by atoms with E-state index in [0.29, 0.717) is 29.3 Å². The van der Waals surface area contributed by atoms with Gasteiger partial charge in [-0.05, 0) is 105 Å². The number of aliphatic hydroxyl groups excluding tert-OH is 1. The smallest absolute Gasteiger partial charge is 0.302 e. The number of morpholine rings is 1. The van der Waals surface area contributed by atoms with Gasteiger partial charge in [0, 0.05) is 32.1 Å². The molecule has 4 aliphatic carbocycles. The van der Waals surface area contributed by atoms with E-state index in [1.165, 1.54) is 58.0 Å². The summed E-state index contributed by atoms with van der Waals surface area (Å²) in [6.45, 7) is 12.4. The molecule has 35 heavy (non-hydrogen) atoms. The van der Waals surface area contributed by atoms with Crippen LogP contribution in [0.1, 0.15) is 78.6 Å². The van der Waals surface area contributed by atoms with Crippen molar-refractivity contribution in [3.63, 3.8) is 0 Å². The first-order valence-corrected chi connectivity index (χ1v) is 14.7. The molecule has 0 spiro atoms. The third kappa shape index (κ3) is 4.00. The van der Waals surface area contributed by atoms with Gasteiger partial charge in [-0.15, -0.1) is 0 Å². The highest BCUT2D eigenvalue weighted by atomic mass is 16.5. The van der Waals surface area contributed by atoms with Crippen LogP contribution in [0.15, 0.2) is 0 Å². The lowest BCUT2D eigenvalue weighted by atomic mass is 9.44. The summed E-state index contributed by atoms with van der Waals surface area (Å²) in [5.74, 6) is 2.61. The number of carbonyl (C=O) groups excluding carboxylic acids is 1. The summed E-state index contributed by atoms with van der Waals surface area (Å²) < 4.78 is 11.7. The number of ether oxygens (including phenoxy) is 2. The van der Waals surface area contributed by atoms with Crippen LogP contribution >= 0.6 is 0 Å². The van der Waals surface area contributed by atoms with Crippen LogP contribution in [-0.4, -0.2) is 84.6 Å². The normalized spacial score (nSPS) is 50.9. The highest BCUT2D eigenvalue weighted by Gasteiger charge is 2.64. The van der Waals surface area contributed by atoms with Crippen LogP contribution in [0.4, 0.5) is 0 Å². The van der Waals surface area contributed by atoms with Crippen molar-refractivity contribution in [2.45, 2.75) is 103 Å². The van der Waals surface area contributed by atoms with Gasteiger partial charge in [0.05, 0.1) is 19.3 Å². The first-order chi connectivity index (χ1) is 16.8. The minimum Gasteiger partial charge on any atom is -0.461 e. The minimum absolute atomic E-state index is 0.0157. The van der Waals surface area contributed by atoms with E-state index < -0.39 is 0 Å². The van der Waals surface area contributed by atoms with E-state index in [9.17, 15) is 9.90 Å². The summed E-state index contributed by atoms with van der Waals surface area (Å²) in [6.07, 6.45) is 10.8. The summed E-state index contributed by atoms with van der Waals surface area (Å²) in [5, 5.41) is 11.6. The van der Waals surface area contributed by atoms with Gasteiger partial charge in [-0.3, -0.25) is 14.6 Å². The van der Waals surface area contributed by atoms with E-state index in [0.717, 1.165) is 51.0 Å². The van der Waals surface area contributed by atoms with E-state index in [1.54, 1.807) is 6.92 Å². The maximum atomic E-state index is 12.0. The van der Waals surface area contributed by atoms with Crippen molar-refractivity contribution in [2.24, 2.45) is 34.5 Å². The fraction of sp³-hybridized carbons (Fsp3) is 0.966. The summed E-state index contributed by atoms with van der Waals surface area (Å²) in [5.41, 5.74) is 0.372. The Morgan fingerprint density at radius 1 is 0.914 bits per heavy atom. The number of aliphatic hydroxyl groups is 1. The van der Waals surface area contributed by atoms with Crippen LogP contribution in [-0.2, 0) is 14.3 Å². The Morgan fingerprint density at radius 3 is 2.34 bits per heavy atom. The number of esters is 1. The first kappa shape index (κ1) is 24.6. The Bertz CT molecular complexity index is 796. The van der Waals surface area contributed by atoms with E-state index in [1.807, 2.05) is 0 Å². The number of likely N-dealkylation sites (tertiary alicyclic amines) is 1. The van der Waals surface area contributed by atoms with Gasteiger partial charge in [-0.2, -0.15) is 0 Å². The van der Waals surface area contributed by atoms with Crippen molar-refractivity contribution in [2.75, 3.05) is 39.4 Å². The SMILES string of the molecule is CC(=O)O[C@H]1C[C@@H]2CCC3[C@H](CC[C@@]4(C)[C@H]3C[C@H](N3CCCC3)[C@@H]4O)[C@@]2(C)C[C@@H]1N1CCOCC1. The molecule has 6 nitrogen and oxygen atoms in total. The minimum atomic E-state index is -0.169. The van der Waals surface area contributed by atoms with E-state index in [2.05, 4.69) is 23.6 Å². The second kappa shape index (κ2) is 9.25. The topological polar surface area (TPSA) is 62.2 Å². The molecule has 6 rings (SSSR count). The van der Waals surface area contributed by atoms with Gasteiger partial charge in [-0.25, -0.2) is 0 Å². The maximum Gasteiger partial charge on any atom is 0.302 e. The Balaban J connectivity index is 1.26. The molecular formula is C29H48N2O4. The summed E-state index contributed by atoms with van der Waals surface area (Å²) in [7, 11) is 0. The molecule has 0 aromatic rings. The van der Waals surface area contributed by atoms with Crippen LogP contribution in [0.5, 0.6) is 0 Å². The molecule has 4 saturated carbocycles. The average molecular weight is 489 g/mol. The second-order valence-corrected chi connectivity index (χ2v) is 13.5. The van der Waals surface area contributed by atoms with Crippen LogP contribution in [0.3, 0.4) is 0 Å². The van der Waals surface area contributed by atoms with E-state index in [4.69, 9.17) is 9.47 Å². The van der Waals surface area contributed by atoms with E-state index >= 15 is 0 Å². The molecule has 198 valence electrons. The van der Waals surface area contributed by atoms with Crippen LogP contribution in [0.25, 0.3) is 0 Å². The lowest BCUT2D eigenvalue weighted by Crippen LogP contribution is -2.61. The molecule has 2 aliphatic heterocycles. The Kier molecular flexibility index (Phi) is 6.51. The quantitative estimate of drug-likeness (QED) is 0.611. The Labute approximate surface area is 212 Å². The molecule has 6 fully saturated rings. The monoisotopic (exact) mass is 488 g/mol. The molecule has 0 bridgehead atoms. The standard InChI is InChI=1S/C29H48N2O4/c1-19(32)35-26-16-20-6-7-21-22(29(20,3)18-25(26)31-12-14-34-15-13-31)8-9-28(2)23(21)17-24(27(28)33)30-10-4-5-11-30/h20-27,33H,4-18H2,1-3H3/t20-,21?,22-,23-,24-,25-,26-,27-,28-,29-/m0/s1. The number of hydrogen-bond donors (Lipinski definition) is 1. The molecule has 0 aromatic carbocycles. The van der Waals surface area contributed by atoms with Gasteiger partial charge < -0.3 is 14.6 Å². The largest absolute Gasteiger partial charge is 0.461 e. The molecule has 6 aliphatic rings. The highest BCUT2D eigenvalue weighted by molar-refractivity contribution is 5.66. The van der Waals surface area contributed by atoms with Crippen LogP contribution in [0, 0.1) is 34.5 Å². The predicted molar refractivity (Wildman–Crippen MR) is 135 cm³/mol. The molecule has 1 unspecified atom stereocenters. The van der Waals surface area contributed by atoms with Crippen LogP contribution in [0.2, 0.25) is 0 Å². The lowest BCUT2D eigenvalue weighted by molar-refractivity contribution is -0.178. The molecule has 1 N–H and O–H groups in total. The van der Waals surface area contributed by atoms with Gasteiger partial charge >= 0.3 is 5.97 Å². The van der Waals surface area contributed by atoms with Gasteiger partial charge in [-0.1, -0.05) is 13.8 Å². The van der Waals surface area contributed by atoms with Crippen LogP contribution < -0.4 is 0 Å². The highest BCUT2D eigenvalue weighted by Crippen LogP contribution is 2.67. The number of carbonyl (C=O) groups is 1. The summed E-state index contributed by atoms with van der Waals surface area (Å²) in [6, 6.07) is 0.681. The molecule has 2 saturated heterocycles. The number of fused-ring (bicyclic) bond motifs is 5. The number of rotatable bonds is 3.